The molecule has 0 aliphatic rings. The van der Waals surface area contributed by atoms with E-state index in [1.54, 1.807) is 18.5 Å². The molecular weight excluding hydrogens is 417 g/mol. The van der Waals surface area contributed by atoms with Gasteiger partial charge >= 0.3 is 6.03 Å². The lowest BCUT2D eigenvalue weighted by Gasteiger charge is -2.09. The van der Waals surface area contributed by atoms with Crippen molar-refractivity contribution in [2.45, 2.75) is 17.2 Å². The molecule has 3 rings (SSSR count). The van der Waals surface area contributed by atoms with Crippen LogP contribution in [0.25, 0.3) is 0 Å². The van der Waals surface area contributed by atoms with Gasteiger partial charge in [0.2, 0.25) is 0 Å². The van der Waals surface area contributed by atoms with E-state index in [2.05, 4.69) is 15.6 Å². The molecule has 0 spiro atoms. The molecule has 0 radical (unpaired) electrons. The molecule has 0 fully saturated rings. The minimum Gasteiger partial charge on any atom is -0.334 e. The van der Waals surface area contributed by atoms with Crippen LogP contribution in [0.2, 0.25) is 5.02 Å². The van der Waals surface area contributed by atoms with Crippen molar-refractivity contribution in [1.29, 1.82) is 0 Å². The maximum atomic E-state index is 13.1. The molecule has 29 heavy (non-hydrogen) atoms. The van der Waals surface area contributed by atoms with Gasteiger partial charge in [-0.2, -0.15) is 0 Å². The molecule has 150 valence electrons. The predicted octanol–water partition coefficient (Wildman–Crippen LogP) is 4.17. The third-order valence-electron chi connectivity index (χ3n) is 4.01. The predicted molar refractivity (Wildman–Crippen MR) is 109 cm³/mol. The van der Waals surface area contributed by atoms with Crippen LogP contribution in [0.15, 0.2) is 71.9 Å². The number of urea groups is 1. The van der Waals surface area contributed by atoms with Gasteiger partial charge in [0.25, 0.3) is 0 Å². The first-order chi connectivity index (χ1) is 13.8. The second-order valence-electron chi connectivity index (χ2n) is 6.19. The Morgan fingerprint density at radius 1 is 1.10 bits per heavy atom. The molecule has 0 unspecified atom stereocenters. The van der Waals surface area contributed by atoms with Gasteiger partial charge in [-0.25, -0.2) is 17.6 Å². The highest BCUT2D eigenvalue weighted by Crippen LogP contribution is 2.24. The summed E-state index contributed by atoms with van der Waals surface area (Å²) in [7, 11) is -3.68. The molecule has 2 N–H and O–H groups in total. The third-order valence-corrected chi connectivity index (χ3v) is 6.04. The zero-order valence-corrected chi connectivity index (χ0v) is 16.7. The number of anilines is 1. The Hall–Kier alpha value is -2.97. The molecule has 9 heteroatoms. The van der Waals surface area contributed by atoms with Crippen LogP contribution in [0.5, 0.6) is 0 Å². The second kappa shape index (κ2) is 9.02. The molecule has 0 aliphatic carbocycles. The number of aromatic nitrogens is 1. The van der Waals surface area contributed by atoms with Crippen molar-refractivity contribution in [3.63, 3.8) is 0 Å². The van der Waals surface area contributed by atoms with Crippen LogP contribution in [0.1, 0.15) is 11.1 Å². The molecule has 0 bridgehead atoms. The van der Waals surface area contributed by atoms with Gasteiger partial charge in [0.05, 0.1) is 10.6 Å². The number of carbonyl (C=O) groups is 1. The summed E-state index contributed by atoms with van der Waals surface area (Å²) >= 11 is 5.92. The monoisotopic (exact) mass is 433 g/mol. The second-order valence-corrected chi connectivity index (χ2v) is 8.58. The minimum absolute atomic E-state index is 0.0529. The molecule has 0 aliphatic heterocycles. The zero-order chi connectivity index (χ0) is 20.9. The van der Waals surface area contributed by atoms with E-state index < -0.39 is 21.7 Å². The van der Waals surface area contributed by atoms with Crippen molar-refractivity contribution >= 4 is 33.2 Å². The molecule has 0 saturated heterocycles. The summed E-state index contributed by atoms with van der Waals surface area (Å²) in [5.41, 5.74) is 1.60. The number of benzene rings is 2. The van der Waals surface area contributed by atoms with Gasteiger partial charge in [0.1, 0.15) is 5.82 Å². The molecule has 0 saturated carbocycles. The fourth-order valence-electron chi connectivity index (χ4n) is 2.53. The first-order valence-corrected chi connectivity index (χ1v) is 10.6. The molecule has 0 atom stereocenters. The van der Waals surface area contributed by atoms with Crippen LogP contribution in [-0.2, 0) is 22.1 Å². The number of rotatable bonds is 6. The van der Waals surface area contributed by atoms with Gasteiger partial charge in [-0.15, -0.1) is 0 Å². The molecule has 2 aromatic carbocycles. The Bertz CT molecular complexity index is 1110. The molecule has 1 heterocycles. The van der Waals surface area contributed by atoms with Crippen LogP contribution in [0, 0.1) is 5.82 Å². The van der Waals surface area contributed by atoms with Crippen LogP contribution in [0.4, 0.5) is 14.9 Å². The summed E-state index contributed by atoms with van der Waals surface area (Å²) in [5.74, 6) is -0.891. The maximum absolute atomic E-state index is 13.1. The summed E-state index contributed by atoms with van der Waals surface area (Å²) in [6.07, 6.45) is 3.29. The van der Waals surface area contributed by atoms with E-state index in [4.69, 9.17) is 11.6 Å². The van der Waals surface area contributed by atoms with E-state index in [9.17, 15) is 17.6 Å². The molecule has 2 amide bonds. The van der Waals surface area contributed by atoms with Crippen molar-refractivity contribution in [1.82, 2.24) is 10.3 Å². The van der Waals surface area contributed by atoms with Crippen LogP contribution < -0.4 is 10.6 Å². The SMILES string of the molecule is O=C(NCc1cccnc1)Nc1ccc(S(=O)(=O)Cc2ccc(F)cc2Cl)cc1. The number of sulfone groups is 1. The van der Waals surface area contributed by atoms with E-state index in [0.717, 1.165) is 17.7 Å². The third kappa shape index (κ3) is 5.75. The van der Waals surface area contributed by atoms with E-state index >= 15 is 0 Å². The summed E-state index contributed by atoms with van der Waals surface area (Å²) in [4.78, 5) is 16.0. The van der Waals surface area contributed by atoms with Gasteiger partial charge in [0.15, 0.2) is 9.84 Å². The molecule has 3 aromatic rings. The largest absolute Gasteiger partial charge is 0.334 e. The fourth-order valence-corrected chi connectivity index (χ4v) is 4.22. The molecule has 1 aromatic heterocycles. The van der Waals surface area contributed by atoms with Crippen LogP contribution in [0.3, 0.4) is 0 Å². The van der Waals surface area contributed by atoms with Gasteiger partial charge in [0, 0.05) is 29.6 Å². The van der Waals surface area contributed by atoms with Crippen molar-refractivity contribution in [3.8, 4) is 0 Å². The Morgan fingerprint density at radius 3 is 2.52 bits per heavy atom. The van der Waals surface area contributed by atoms with E-state index in [1.165, 1.54) is 30.3 Å². The number of carbonyl (C=O) groups excluding carboxylic acids is 1. The number of hydrogen-bond donors (Lipinski definition) is 2. The fraction of sp³-hybridized carbons (Fsp3) is 0.100. The lowest BCUT2D eigenvalue weighted by molar-refractivity contribution is 0.251. The van der Waals surface area contributed by atoms with E-state index in [1.807, 2.05) is 6.07 Å². The van der Waals surface area contributed by atoms with Gasteiger partial charge < -0.3 is 10.6 Å². The highest BCUT2D eigenvalue weighted by atomic mass is 35.5. The Morgan fingerprint density at radius 2 is 1.86 bits per heavy atom. The highest BCUT2D eigenvalue weighted by molar-refractivity contribution is 7.90. The number of amides is 2. The average Bonchev–Trinajstić information content (AvgIpc) is 2.70. The molecule has 6 nitrogen and oxygen atoms in total. The first-order valence-electron chi connectivity index (χ1n) is 8.54. The number of nitrogens with zero attached hydrogens (tertiary/aromatic N) is 1. The van der Waals surface area contributed by atoms with Gasteiger partial charge in [-0.1, -0.05) is 23.7 Å². The van der Waals surface area contributed by atoms with Crippen LogP contribution in [-0.4, -0.2) is 19.4 Å². The lowest BCUT2D eigenvalue weighted by Crippen LogP contribution is -2.28. The summed E-state index contributed by atoms with van der Waals surface area (Å²) in [6, 6.07) is 12.5. The summed E-state index contributed by atoms with van der Waals surface area (Å²) in [6.45, 7) is 0.310. The number of nitrogens with one attached hydrogen (secondary N) is 2. The molecular formula is C20H17ClFN3O3S. The van der Waals surface area contributed by atoms with Crippen molar-refractivity contribution in [2.24, 2.45) is 0 Å². The van der Waals surface area contributed by atoms with Crippen molar-refractivity contribution in [3.05, 3.63) is 89.0 Å². The number of pyridine rings is 1. The van der Waals surface area contributed by atoms with Crippen molar-refractivity contribution < 1.29 is 17.6 Å². The number of halogens is 2. The van der Waals surface area contributed by atoms with Gasteiger partial charge in [-0.3, -0.25) is 4.98 Å². The maximum Gasteiger partial charge on any atom is 0.319 e. The first kappa shape index (κ1) is 20.8. The number of hydrogen-bond acceptors (Lipinski definition) is 4. The van der Waals surface area contributed by atoms with Crippen molar-refractivity contribution in [2.75, 3.05) is 5.32 Å². The average molecular weight is 434 g/mol. The zero-order valence-electron chi connectivity index (χ0n) is 15.1. The van der Waals surface area contributed by atoms with E-state index in [0.29, 0.717) is 17.8 Å². The highest BCUT2D eigenvalue weighted by Gasteiger charge is 2.17. The van der Waals surface area contributed by atoms with E-state index in [-0.39, 0.29) is 15.7 Å². The quantitative estimate of drug-likeness (QED) is 0.610. The Balaban J connectivity index is 1.62. The smallest absolute Gasteiger partial charge is 0.319 e. The summed E-state index contributed by atoms with van der Waals surface area (Å²) in [5, 5.41) is 5.36. The Kier molecular flexibility index (Phi) is 6.46. The van der Waals surface area contributed by atoms with Crippen LogP contribution >= 0.6 is 11.6 Å². The standard InChI is InChI=1S/C20H17ClFN3O3S/c21-19-10-16(22)4-3-15(19)13-29(27,28)18-7-5-17(6-8-18)25-20(26)24-12-14-2-1-9-23-11-14/h1-11H,12-13H2,(H2,24,25,26). The minimum atomic E-state index is -3.68. The topological polar surface area (TPSA) is 88.2 Å². The normalized spacial score (nSPS) is 11.1. The summed E-state index contributed by atoms with van der Waals surface area (Å²) < 4.78 is 38.3. The lowest BCUT2D eigenvalue weighted by atomic mass is 10.2. The van der Waals surface area contributed by atoms with Gasteiger partial charge in [-0.05, 0) is 53.6 Å². The Labute approximate surface area is 172 Å².